The number of aryl methyl sites for hydroxylation is 1. The Kier molecular flexibility index (Phi) is 2.41. The summed E-state index contributed by atoms with van der Waals surface area (Å²) < 4.78 is 17.7. The van der Waals surface area contributed by atoms with Gasteiger partial charge < -0.3 is 4.74 Å². The molecule has 0 N–H and O–H groups in total. The van der Waals surface area contributed by atoms with Gasteiger partial charge in [-0.05, 0) is 19.9 Å². The van der Waals surface area contributed by atoms with Crippen molar-refractivity contribution >= 4 is 0 Å². The van der Waals surface area contributed by atoms with Gasteiger partial charge in [0, 0.05) is 6.07 Å². The van der Waals surface area contributed by atoms with Gasteiger partial charge in [-0.2, -0.15) is 0 Å². The van der Waals surface area contributed by atoms with Gasteiger partial charge in [-0.1, -0.05) is 0 Å². The predicted octanol–water partition coefficient (Wildman–Crippen LogP) is 1.93. The Bertz CT molecular complexity index is 250. The van der Waals surface area contributed by atoms with Crippen molar-refractivity contribution in [2.45, 2.75) is 13.8 Å². The van der Waals surface area contributed by atoms with E-state index in [0.29, 0.717) is 18.2 Å². The van der Waals surface area contributed by atoms with Gasteiger partial charge in [0.15, 0.2) is 0 Å². The molecule has 0 aromatic carbocycles. The molecule has 3 heteroatoms. The predicted molar refractivity (Wildman–Crippen MR) is 40.1 cm³/mol. The van der Waals surface area contributed by atoms with Crippen LogP contribution in [0.5, 0.6) is 5.88 Å². The summed E-state index contributed by atoms with van der Waals surface area (Å²) in [6.07, 6.45) is 0. The van der Waals surface area contributed by atoms with Crippen LogP contribution in [-0.4, -0.2) is 11.6 Å². The van der Waals surface area contributed by atoms with E-state index in [1.807, 2.05) is 6.92 Å². The molecule has 0 saturated heterocycles. The fraction of sp³-hybridized carbons (Fsp3) is 0.375. The number of hydrogen-bond acceptors (Lipinski definition) is 2. The Balaban J connectivity index is 2.86. The second-order valence-electron chi connectivity index (χ2n) is 2.15. The minimum absolute atomic E-state index is 0.298. The zero-order chi connectivity index (χ0) is 8.27. The molecule has 0 bridgehead atoms. The van der Waals surface area contributed by atoms with Crippen LogP contribution in [0.15, 0.2) is 12.1 Å². The van der Waals surface area contributed by atoms with Gasteiger partial charge >= 0.3 is 0 Å². The van der Waals surface area contributed by atoms with Crippen molar-refractivity contribution in [2.75, 3.05) is 6.61 Å². The molecule has 11 heavy (non-hydrogen) atoms. The molecule has 0 unspecified atom stereocenters. The maximum atomic E-state index is 12.6. The topological polar surface area (TPSA) is 22.1 Å². The average molecular weight is 155 g/mol. The first-order valence-corrected chi connectivity index (χ1v) is 3.50. The average Bonchev–Trinajstić information content (AvgIpc) is 1.98. The van der Waals surface area contributed by atoms with E-state index < -0.39 is 0 Å². The minimum Gasteiger partial charge on any atom is -0.478 e. The first kappa shape index (κ1) is 7.98. The fourth-order valence-corrected chi connectivity index (χ4v) is 0.749. The van der Waals surface area contributed by atoms with Crippen molar-refractivity contribution in [2.24, 2.45) is 0 Å². The SMILES string of the molecule is CCOc1ccc(F)c(C)n1. The van der Waals surface area contributed by atoms with Crippen molar-refractivity contribution in [3.8, 4) is 5.88 Å². The normalized spacial score (nSPS) is 9.73. The van der Waals surface area contributed by atoms with E-state index in [-0.39, 0.29) is 5.82 Å². The van der Waals surface area contributed by atoms with Gasteiger partial charge in [0.2, 0.25) is 5.88 Å². The summed E-state index contributed by atoms with van der Waals surface area (Å²) in [4.78, 5) is 3.87. The lowest BCUT2D eigenvalue weighted by molar-refractivity contribution is 0.325. The van der Waals surface area contributed by atoms with Crippen molar-refractivity contribution in [3.63, 3.8) is 0 Å². The summed E-state index contributed by atoms with van der Waals surface area (Å²) in [6.45, 7) is 4.02. The summed E-state index contributed by atoms with van der Waals surface area (Å²) in [5.74, 6) is 0.180. The Hall–Kier alpha value is -1.12. The first-order chi connectivity index (χ1) is 5.24. The lowest BCUT2D eigenvalue weighted by Gasteiger charge is -2.01. The van der Waals surface area contributed by atoms with Crippen LogP contribution in [0.4, 0.5) is 4.39 Å². The van der Waals surface area contributed by atoms with E-state index in [4.69, 9.17) is 4.74 Å². The number of ether oxygens (including phenoxy) is 1. The summed E-state index contributed by atoms with van der Waals surface area (Å²) in [5.41, 5.74) is 0.371. The molecular weight excluding hydrogens is 145 g/mol. The molecule has 1 heterocycles. The Morgan fingerprint density at radius 3 is 2.82 bits per heavy atom. The summed E-state index contributed by atoms with van der Waals surface area (Å²) >= 11 is 0. The Labute approximate surface area is 65.0 Å². The molecule has 0 aliphatic rings. The van der Waals surface area contributed by atoms with E-state index in [2.05, 4.69) is 4.98 Å². The van der Waals surface area contributed by atoms with Crippen LogP contribution in [0.2, 0.25) is 0 Å². The van der Waals surface area contributed by atoms with Gasteiger partial charge in [0.25, 0.3) is 0 Å². The Morgan fingerprint density at radius 1 is 1.55 bits per heavy atom. The van der Waals surface area contributed by atoms with E-state index in [1.54, 1.807) is 6.92 Å². The minimum atomic E-state index is -0.298. The number of nitrogens with zero attached hydrogens (tertiary/aromatic N) is 1. The lowest BCUT2D eigenvalue weighted by Crippen LogP contribution is -1.96. The molecule has 0 aliphatic carbocycles. The van der Waals surface area contributed by atoms with Crippen LogP contribution in [0.3, 0.4) is 0 Å². The number of halogens is 1. The van der Waals surface area contributed by atoms with Gasteiger partial charge in [0.05, 0.1) is 12.3 Å². The van der Waals surface area contributed by atoms with Crippen LogP contribution >= 0.6 is 0 Å². The van der Waals surface area contributed by atoms with E-state index in [9.17, 15) is 4.39 Å². The standard InChI is InChI=1S/C8H10FNO/c1-3-11-8-5-4-7(9)6(2)10-8/h4-5H,3H2,1-2H3. The van der Waals surface area contributed by atoms with Crippen LogP contribution < -0.4 is 4.74 Å². The second-order valence-corrected chi connectivity index (χ2v) is 2.15. The molecule has 0 spiro atoms. The number of hydrogen-bond donors (Lipinski definition) is 0. The number of rotatable bonds is 2. The van der Waals surface area contributed by atoms with E-state index >= 15 is 0 Å². The van der Waals surface area contributed by atoms with E-state index in [1.165, 1.54) is 12.1 Å². The highest BCUT2D eigenvalue weighted by atomic mass is 19.1. The first-order valence-electron chi connectivity index (χ1n) is 3.50. The van der Waals surface area contributed by atoms with Crippen LogP contribution in [-0.2, 0) is 0 Å². The molecule has 2 nitrogen and oxygen atoms in total. The monoisotopic (exact) mass is 155 g/mol. The summed E-state index contributed by atoms with van der Waals surface area (Å²) in [7, 11) is 0. The summed E-state index contributed by atoms with van der Waals surface area (Å²) in [5, 5.41) is 0. The van der Waals surface area contributed by atoms with Gasteiger partial charge in [-0.3, -0.25) is 0 Å². The van der Waals surface area contributed by atoms with Crippen LogP contribution in [0.1, 0.15) is 12.6 Å². The molecule has 0 saturated carbocycles. The fourth-order valence-electron chi connectivity index (χ4n) is 0.749. The van der Waals surface area contributed by atoms with Gasteiger partial charge in [0.1, 0.15) is 5.82 Å². The van der Waals surface area contributed by atoms with E-state index in [0.717, 1.165) is 0 Å². The Morgan fingerprint density at radius 2 is 2.27 bits per heavy atom. The molecule has 0 radical (unpaired) electrons. The van der Waals surface area contributed by atoms with Gasteiger partial charge in [-0.15, -0.1) is 0 Å². The molecule has 1 aromatic heterocycles. The highest BCUT2D eigenvalue weighted by molar-refractivity contribution is 5.16. The molecule has 1 rings (SSSR count). The third kappa shape index (κ3) is 1.90. The number of aromatic nitrogens is 1. The van der Waals surface area contributed by atoms with Crippen molar-refractivity contribution < 1.29 is 9.13 Å². The third-order valence-corrected chi connectivity index (χ3v) is 1.29. The maximum Gasteiger partial charge on any atom is 0.213 e. The molecule has 0 amide bonds. The molecule has 0 aliphatic heterocycles. The molecule has 0 fully saturated rings. The molecule has 60 valence electrons. The number of pyridine rings is 1. The quantitative estimate of drug-likeness (QED) is 0.651. The van der Waals surface area contributed by atoms with Crippen molar-refractivity contribution in [1.82, 2.24) is 4.98 Å². The van der Waals surface area contributed by atoms with Crippen LogP contribution in [0.25, 0.3) is 0 Å². The smallest absolute Gasteiger partial charge is 0.213 e. The highest BCUT2D eigenvalue weighted by Gasteiger charge is 1.99. The highest BCUT2D eigenvalue weighted by Crippen LogP contribution is 2.10. The zero-order valence-electron chi connectivity index (χ0n) is 6.60. The lowest BCUT2D eigenvalue weighted by atomic mass is 10.3. The van der Waals surface area contributed by atoms with Crippen LogP contribution in [0, 0.1) is 12.7 Å². The van der Waals surface area contributed by atoms with Crippen molar-refractivity contribution in [1.29, 1.82) is 0 Å². The largest absolute Gasteiger partial charge is 0.478 e. The maximum absolute atomic E-state index is 12.6. The molecule has 1 aromatic rings. The third-order valence-electron chi connectivity index (χ3n) is 1.29. The van der Waals surface area contributed by atoms with Crippen molar-refractivity contribution in [3.05, 3.63) is 23.6 Å². The summed E-state index contributed by atoms with van der Waals surface area (Å²) in [6, 6.07) is 2.87. The second kappa shape index (κ2) is 3.32. The molecular formula is C8H10FNO. The zero-order valence-corrected chi connectivity index (χ0v) is 6.60. The van der Waals surface area contributed by atoms with Gasteiger partial charge in [-0.25, -0.2) is 9.37 Å². The molecule has 0 atom stereocenters.